The Morgan fingerprint density at radius 1 is 1.53 bits per heavy atom. The Bertz CT molecular complexity index is 425. The second kappa shape index (κ2) is 6.35. The fourth-order valence-corrected chi connectivity index (χ4v) is 2.81. The van der Waals surface area contributed by atoms with Crippen molar-refractivity contribution in [3.8, 4) is 5.75 Å². The maximum Gasteiger partial charge on any atom is 0.126 e. The highest BCUT2D eigenvalue weighted by atomic mass is 19.1. The molecule has 1 aliphatic rings. The second-order valence-corrected chi connectivity index (χ2v) is 5.32. The Morgan fingerprint density at radius 2 is 2.32 bits per heavy atom. The fourth-order valence-electron chi connectivity index (χ4n) is 2.81. The van der Waals surface area contributed by atoms with E-state index in [1.54, 1.807) is 6.07 Å². The number of hydrogen-bond donors (Lipinski definition) is 2. The van der Waals surface area contributed by atoms with Crippen LogP contribution in [-0.4, -0.2) is 35.7 Å². The van der Waals surface area contributed by atoms with E-state index >= 15 is 0 Å². The van der Waals surface area contributed by atoms with Crippen LogP contribution in [0.15, 0.2) is 18.2 Å². The van der Waals surface area contributed by atoms with Crippen LogP contribution >= 0.6 is 0 Å². The zero-order chi connectivity index (χ0) is 13.8. The molecule has 106 valence electrons. The number of phenolic OH excluding ortho intramolecular Hbond substituents is 1. The molecule has 0 amide bonds. The number of phenols is 1. The van der Waals surface area contributed by atoms with Gasteiger partial charge in [0.05, 0.1) is 0 Å². The van der Waals surface area contributed by atoms with Crippen molar-refractivity contribution in [3.63, 3.8) is 0 Å². The standard InChI is InChI=1S/C15H23FN2O/c1-3-18-8-4-5-13(10-18)17-11(2)14-7-6-12(16)9-15(14)19/h6-7,9,11,13,17,19H,3-5,8,10H2,1-2H3. The molecular formula is C15H23FN2O. The van der Waals surface area contributed by atoms with Gasteiger partial charge in [-0.25, -0.2) is 4.39 Å². The number of piperidine rings is 1. The first-order valence-electron chi connectivity index (χ1n) is 7.07. The van der Waals surface area contributed by atoms with Crippen molar-refractivity contribution in [2.45, 2.75) is 38.8 Å². The average Bonchev–Trinajstić information content (AvgIpc) is 2.38. The lowest BCUT2D eigenvalue weighted by Crippen LogP contribution is -2.46. The highest BCUT2D eigenvalue weighted by Gasteiger charge is 2.21. The maximum absolute atomic E-state index is 13.0. The number of hydrogen-bond acceptors (Lipinski definition) is 3. The highest BCUT2D eigenvalue weighted by Crippen LogP contribution is 2.25. The topological polar surface area (TPSA) is 35.5 Å². The van der Waals surface area contributed by atoms with E-state index in [0.717, 1.165) is 25.1 Å². The van der Waals surface area contributed by atoms with Gasteiger partial charge in [-0.2, -0.15) is 0 Å². The molecule has 1 saturated heterocycles. The lowest BCUT2D eigenvalue weighted by atomic mass is 10.0. The molecule has 1 aromatic carbocycles. The summed E-state index contributed by atoms with van der Waals surface area (Å²) in [5.74, 6) is -0.369. The normalized spacial score (nSPS) is 22.4. The Labute approximate surface area is 114 Å². The summed E-state index contributed by atoms with van der Waals surface area (Å²) in [5, 5.41) is 13.3. The van der Waals surface area contributed by atoms with Gasteiger partial charge in [-0.1, -0.05) is 13.0 Å². The van der Waals surface area contributed by atoms with Gasteiger partial charge in [-0.3, -0.25) is 0 Å². The molecule has 0 radical (unpaired) electrons. The quantitative estimate of drug-likeness (QED) is 0.879. The molecule has 0 saturated carbocycles. The SMILES string of the molecule is CCN1CCCC(NC(C)c2ccc(F)cc2O)C1. The van der Waals surface area contributed by atoms with Gasteiger partial charge in [-0.15, -0.1) is 0 Å². The lowest BCUT2D eigenvalue weighted by Gasteiger charge is -2.34. The molecule has 0 spiro atoms. The summed E-state index contributed by atoms with van der Waals surface area (Å²) >= 11 is 0. The van der Waals surface area contributed by atoms with Crippen molar-refractivity contribution in [1.82, 2.24) is 10.2 Å². The van der Waals surface area contributed by atoms with Gasteiger partial charge in [-0.05, 0) is 38.9 Å². The van der Waals surface area contributed by atoms with Crippen LogP contribution in [0.25, 0.3) is 0 Å². The van der Waals surface area contributed by atoms with Crippen molar-refractivity contribution in [2.75, 3.05) is 19.6 Å². The molecule has 2 N–H and O–H groups in total. The van der Waals surface area contributed by atoms with Gasteiger partial charge in [0.25, 0.3) is 0 Å². The van der Waals surface area contributed by atoms with Gasteiger partial charge in [0.1, 0.15) is 11.6 Å². The summed E-state index contributed by atoms with van der Waals surface area (Å²) in [6.45, 7) is 7.48. The van der Waals surface area contributed by atoms with E-state index in [0.29, 0.717) is 6.04 Å². The number of benzene rings is 1. The molecule has 0 aromatic heterocycles. The average molecular weight is 266 g/mol. The summed E-state index contributed by atoms with van der Waals surface area (Å²) in [4.78, 5) is 2.43. The van der Waals surface area contributed by atoms with Gasteiger partial charge in [0.15, 0.2) is 0 Å². The number of halogens is 1. The predicted octanol–water partition coefficient (Wildman–Crippen LogP) is 2.67. The van der Waals surface area contributed by atoms with Crippen LogP contribution in [0, 0.1) is 5.82 Å². The Kier molecular flexibility index (Phi) is 4.77. The third-order valence-electron chi connectivity index (χ3n) is 3.90. The van der Waals surface area contributed by atoms with E-state index in [1.165, 1.54) is 25.1 Å². The molecule has 0 aliphatic carbocycles. The summed E-state index contributed by atoms with van der Waals surface area (Å²) in [6.07, 6.45) is 2.36. The first kappa shape index (κ1) is 14.3. The number of likely N-dealkylation sites (tertiary alicyclic amines) is 1. The number of rotatable bonds is 4. The zero-order valence-electron chi connectivity index (χ0n) is 11.7. The van der Waals surface area contributed by atoms with Crippen molar-refractivity contribution < 1.29 is 9.50 Å². The van der Waals surface area contributed by atoms with Crippen molar-refractivity contribution >= 4 is 0 Å². The zero-order valence-corrected chi connectivity index (χ0v) is 11.7. The predicted molar refractivity (Wildman–Crippen MR) is 74.8 cm³/mol. The third-order valence-corrected chi connectivity index (χ3v) is 3.90. The van der Waals surface area contributed by atoms with Crippen LogP contribution in [0.3, 0.4) is 0 Å². The van der Waals surface area contributed by atoms with Crippen LogP contribution < -0.4 is 5.32 Å². The van der Waals surface area contributed by atoms with E-state index in [4.69, 9.17) is 0 Å². The molecule has 2 unspecified atom stereocenters. The van der Waals surface area contributed by atoms with E-state index in [-0.39, 0.29) is 11.8 Å². The Balaban J connectivity index is 1.98. The first-order valence-corrected chi connectivity index (χ1v) is 7.07. The molecule has 0 bridgehead atoms. The van der Waals surface area contributed by atoms with Crippen LogP contribution in [0.2, 0.25) is 0 Å². The number of likely N-dealkylation sites (N-methyl/N-ethyl adjacent to an activating group) is 1. The van der Waals surface area contributed by atoms with E-state index in [1.807, 2.05) is 6.92 Å². The van der Waals surface area contributed by atoms with E-state index < -0.39 is 5.82 Å². The van der Waals surface area contributed by atoms with Crippen molar-refractivity contribution in [2.24, 2.45) is 0 Å². The van der Waals surface area contributed by atoms with Crippen molar-refractivity contribution in [3.05, 3.63) is 29.6 Å². The number of nitrogens with one attached hydrogen (secondary N) is 1. The molecule has 2 rings (SSSR count). The first-order chi connectivity index (χ1) is 9.10. The fraction of sp³-hybridized carbons (Fsp3) is 0.600. The summed E-state index contributed by atoms with van der Waals surface area (Å²) in [7, 11) is 0. The van der Waals surface area contributed by atoms with Crippen LogP contribution in [0.1, 0.15) is 38.3 Å². The number of aromatic hydroxyl groups is 1. The monoisotopic (exact) mass is 266 g/mol. The van der Waals surface area contributed by atoms with Gasteiger partial charge in [0.2, 0.25) is 0 Å². The van der Waals surface area contributed by atoms with Gasteiger partial charge < -0.3 is 15.3 Å². The molecule has 3 nitrogen and oxygen atoms in total. The lowest BCUT2D eigenvalue weighted by molar-refractivity contribution is 0.192. The van der Waals surface area contributed by atoms with Gasteiger partial charge >= 0.3 is 0 Å². The smallest absolute Gasteiger partial charge is 0.126 e. The Morgan fingerprint density at radius 3 is 3.00 bits per heavy atom. The van der Waals surface area contributed by atoms with E-state index in [9.17, 15) is 9.50 Å². The Hall–Kier alpha value is -1.13. The second-order valence-electron chi connectivity index (χ2n) is 5.32. The van der Waals surface area contributed by atoms with Gasteiger partial charge in [0, 0.05) is 30.3 Å². The molecule has 4 heteroatoms. The summed E-state index contributed by atoms with van der Waals surface area (Å²) in [6, 6.07) is 4.69. The summed E-state index contributed by atoms with van der Waals surface area (Å²) in [5.41, 5.74) is 0.759. The highest BCUT2D eigenvalue weighted by molar-refractivity contribution is 5.34. The molecule has 1 fully saturated rings. The van der Waals surface area contributed by atoms with Crippen LogP contribution in [0.5, 0.6) is 5.75 Å². The molecular weight excluding hydrogens is 243 g/mol. The third kappa shape index (κ3) is 3.67. The summed E-state index contributed by atoms with van der Waals surface area (Å²) < 4.78 is 13.0. The van der Waals surface area contributed by atoms with Crippen LogP contribution in [0.4, 0.5) is 4.39 Å². The number of nitrogens with zero attached hydrogens (tertiary/aromatic N) is 1. The molecule has 1 heterocycles. The minimum Gasteiger partial charge on any atom is -0.508 e. The van der Waals surface area contributed by atoms with Crippen LogP contribution in [-0.2, 0) is 0 Å². The maximum atomic E-state index is 13.0. The minimum absolute atomic E-state index is 0.0300. The largest absolute Gasteiger partial charge is 0.508 e. The minimum atomic E-state index is -0.400. The molecule has 1 aromatic rings. The van der Waals surface area contributed by atoms with Crippen molar-refractivity contribution in [1.29, 1.82) is 0 Å². The molecule has 19 heavy (non-hydrogen) atoms. The molecule has 1 aliphatic heterocycles. The molecule has 2 atom stereocenters. The van der Waals surface area contributed by atoms with E-state index in [2.05, 4.69) is 17.1 Å².